The Morgan fingerprint density at radius 1 is 1.17 bits per heavy atom. The van der Waals surface area contributed by atoms with Gasteiger partial charge in [-0.1, -0.05) is 44.4 Å². The van der Waals surface area contributed by atoms with E-state index >= 15 is 0 Å². The maximum Gasteiger partial charge on any atom is 0.235 e. The van der Waals surface area contributed by atoms with E-state index in [4.69, 9.17) is 0 Å². The molecule has 3 atom stereocenters. The number of nitrogens with one attached hydrogen (secondary N) is 2. The second kappa shape index (κ2) is 9.94. The molecule has 1 saturated carbocycles. The lowest BCUT2D eigenvalue weighted by molar-refractivity contribution is -0.124. The molecule has 2 fully saturated rings. The first-order valence-electron chi connectivity index (χ1n) is 11.1. The van der Waals surface area contributed by atoms with Crippen LogP contribution in [0.15, 0.2) is 24.3 Å². The number of piperidine rings is 1. The van der Waals surface area contributed by atoms with Crippen molar-refractivity contribution in [3.63, 3.8) is 0 Å². The van der Waals surface area contributed by atoms with Crippen molar-refractivity contribution in [2.24, 2.45) is 11.8 Å². The quantitative estimate of drug-likeness (QED) is 0.766. The van der Waals surface area contributed by atoms with Gasteiger partial charge in [-0.25, -0.2) is 0 Å². The van der Waals surface area contributed by atoms with E-state index in [9.17, 15) is 9.59 Å². The summed E-state index contributed by atoms with van der Waals surface area (Å²) in [4.78, 5) is 27.7. The molecule has 2 heterocycles. The predicted octanol–water partition coefficient (Wildman–Crippen LogP) is 3.62. The van der Waals surface area contributed by atoms with Crippen molar-refractivity contribution in [1.29, 1.82) is 0 Å². The normalized spacial score (nSPS) is 27.3. The highest BCUT2D eigenvalue weighted by Crippen LogP contribution is 2.44. The van der Waals surface area contributed by atoms with Gasteiger partial charge in [0.1, 0.15) is 0 Å². The van der Waals surface area contributed by atoms with Crippen molar-refractivity contribution >= 4 is 29.9 Å². The van der Waals surface area contributed by atoms with Crippen LogP contribution in [0.4, 0.5) is 5.69 Å². The minimum absolute atomic E-state index is 0. The number of hydrogen-bond acceptors (Lipinski definition) is 3. The van der Waals surface area contributed by atoms with Crippen molar-refractivity contribution in [2.75, 3.05) is 24.5 Å². The molecule has 1 aromatic rings. The summed E-state index contributed by atoms with van der Waals surface area (Å²) in [5, 5.41) is 6.65. The van der Waals surface area contributed by atoms with Gasteiger partial charge in [-0.2, -0.15) is 0 Å². The number of carbonyl (C=O) groups excluding carboxylic acids is 2. The first-order chi connectivity index (χ1) is 13.7. The molecule has 2 N–H and O–H groups in total. The van der Waals surface area contributed by atoms with Gasteiger partial charge in [-0.15, -0.1) is 12.4 Å². The van der Waals surface area contributed by atoms with Gasteiger partial charge in [0.25, 0.3) is 0 Å². The zero-order valence-corrected chi connectivity index (χ0v) is 18.2. The topological polar surface area (TPSA) is 61.4 Å². The van der Waals surface area contributed by atoms with Gasteiger partial charge in [0.05, 0.1) is 5.92 Å². The van der Waals surface area contributed by atoms with Crippen molar-refractivity contribution < 1.29 is 9.59 Å². The van der Waals surface area contributed by atoms with Gasteiger partial charge in [0.2, 0.25) is 11.8 Å². The Morgan fingerprint density at radius 2 is 1.93 bits per heavy atom. The predicted molar refractivity (Wildman–Crippen MR) is 119 cm³/mol. The number of carbonyl (C=O) groups is 2. The second-order valence-electron chi connectivity index (χ2n) is 8.67. The number of hydrogen-bond donors (Lipinski definition) is 2. The van der Waals surface area contributed by atoms with Crippen LogP contribution in [0, 0.1) is 11.8 Å². The van der Waals surface area contributed by atoms with Gasteiger partial charge in [-0.3, -0.25) is 9.59 Å². The second-order valence-corrected chi connectivity index (χ2v) is 8.67. The molecule has 0 bridgehead atoms. The van der Waals surface area contributed by atoms with Crippen LogP contribution in [0.5, 0.6) is 0 Å². The lowest BCUT2D eigenvalue weighted by Crippen LogP contribution is -2.52. The molecule has 5 nitrogen and oxygen atoms in total. The number of rotatable bonds is 5. The molecule has 1 aliphatic carbocycles. The van der Waals surface area contributed by atoms with E-state index in [-0.39, 0.29) is 42.1 Å². The fourth-order valence-electron chi connectivity index (χ4n) is 5.37. The zero-order chi connectivity index (χ0) is 19.5. The number of fused-ring (bicyclic) bond motifs is 1. The van der Waals surface area contributed by atoms with E-state index in [1.54, 1.807) is 0 Å². The van der Waals surface area contributed by atoms with E-state index in [2.05, 4.69) is 27.7 Å². The monoisotopic (exact) mass is 419 g/mol. The van der Waals surface area contributed by atoms with Crippen LogP contribution >= 0.6 is 12.4 Å². The molecule has 1 saturated heterocycles. The molecule has 6 heteroatoms. The molecule has 0 radical (unpaired) electrons. The maximum atomic E-state index is 13.6. The highest BCUT2D eigenvalue weighted by Gasteiger charge is 2.45. The van der Waals surface area contributed by atoms with E-state index in [1.165, 1.54) is 32.1 Å². The van der Waals surface area contributed by atoms with Crippen LogP contribution in [0.1, 0.15) is 63.4 Å². The van der Waals surface area contributed by atoms with Gasteiger partial charge in [0, 0.05) is 37.2 Å². The molecule has 0 spiro atoms. The number of anilines is 1. The van der Waals surface area contributed by atoms with Crippen molar-refractivity contribution in [3.05, 3.63) is 29.8 Å². The van der Waals surface area contributed by atoms with Gasteiger partial charge in [0.15, 0.2) is 0 Å². The average Bonchev–Trinajstić information content (AvgIpc) is 3.01. The van der Waals surface area contributed by atoms with Crippen LogP contribution < -0.4 is 15.5 Å². The maximum absolute atomic E-state index is 13.6. The summed E-state index contributed by atoms with van der Waals surface area (Å²) in [5.74, 6) is 0.875. The van der Waals surface area contributed by atoms with Crippen molar-refractivity contribution in [3.8, 4) is 0 Å². The van der Waals surface area contributed by atoms with Crippen LogP contribution in [0.3, 0.4) is 0 Å². The molecule has 29 heavy (non-hydrogen) atoms. The minimum Gasteiger partial charge on any atom is -0.353 e. The molecule has 4 rings (SSSR count). The molecule has 160 valence electrons. The summed E-state index contributed by atoms with van der Waals surface area (Å²) in [6.45, 7) is 4.39. The van der Waals surface area contributed by atoms with Crippen LogP contribution in [0.25, 0.3) is 0 Å². The summed E-state index contributed by atoms with van der Waals surface area (Å²) >= 11 is 0. The van der Waals surface area contributed by atoms with Gasteiger partial charge in [-0.05, 0) is 43.4 Å². The van der Waals surface area contributed by atoms with Gasteiger partial charge < -0.3 is 15.5 Å². The Labute approximate surface area is 180 Å². The van der Waals surface area contributed by atoms with Crippen molar-refractivity contribution in [1.82, 2.24) is 10.6 Å². The summed E-state index contributed by atoms with van der Waals surface area (Å²) in [6, 6.07) is 8.36. The molecule has 0 aromatic heterocycles. The Morgan fingerprint density at radius 3 is 2.69 bits per heavy atom. The third kappa shape index (κ3) is 4.61. The first kappa shape index (κ1) is 22.1. The lowest BCUT2D eigenvalue weighted by atomic mass is 9.79. The molecule has 2 amide bonds. The molecule has 2 aliphatic heterocycles. The lowest BCUT2D eigenvalue weighted by Gasteiger charge is -2.36. The van der Waals surface area contributed by atoms with E-state index in [0.717, 1.165) is 37.3 Å². The standard InChI is InChI=1S/C23H33N3O2.ClH/c1-2-21(27)25-19-12-13-24-14-18(19)22-17-10-6-7-11-20(17)26(23(22)28)15-16-8-4-3-5-9-16;/h6-7,10-11,16,18-19,22,24H,2-5,8-9,12-15H2,1H3,(H,25,27);1H. The Kier molecular flexibility index (Phi) is 7.58. The van der Waals surface area contributed by atoms with E-state index in [0.29, 0.717) is 12.3 Å². The number of amides is 2. The highest BCUT2D eigenvalue weighted by atomic mass is 35.5. The Hall–Kier alpha value is -1.59. The number of benzene rings is 1. The largest absolute Gasteiger partial charge is 0.353 e. The number of para-hydroxylation sites is 1. The SMILES string of the molecule is CCC(=O)NC1CCNCC1C1C(=O)N(CC2CCCCC2)c2ccccc21.Cl. The smallest absolute Gasteiger partial charge is 0.235 e. The molecule has 3 unspecified atom stereocenters. The van der Waals surface area contributed by atoms with Gasteiger partial charge >= 0.3 is 0 Å². The summed E-state index contributed by atoms with van der Waals surface area (Å²) in [6.07, 6.45) is 7.74. The Bertz CT molecular complexity index is 720. The molecule has 1 aromatic carbocycles. The minimum atomic E-state index is -0.158. The third-order valence-electron chi connectivity index (χ3n) is 6.88. The van der Waals surface area contributed by atoms with Crippen LogP contribution in [0.2, 0.25) is 0 Å². The van der Waals surface area contributed by atoms with E-state index < -0.39 is 0 Å². The number of halogens is 1. The Balaban J connectivity index is 0.00000240. The fraction of sp³-hybridized carbons (Fsp3) is 0.652. The number of nitrogens with zero attached hydrogens (tertiary/aromatic N) is 1. The highest BCUT2D eigenvalue weighted by molar-refractivity contribution is 6.05. The summed E-state index contributed by atoms with van der Waals surface area (Å²) in [5.41, 5.74) is 2.24. The molecular formula is C23H34ClN3O2. The summed E-state index contributed by atoms with van der Waals surface area (Å²) < 4.78 is 0. The molecular weight excluding hydrogens is 386 g/mol. The fourth-order valence-corrected chi connectivity index (χ4v) is 5.37. The first-order valence-corrected chi connectivity index (χ1v) is 11.1. The third-order valence-corrected chi connectivity index (χ3v) is 6.88. The van der Waals surface area contributed by atoms with E-state index in [1.807, 2.05) is 19.1 Å². The average molecular weight is 420 g/mol. The molecule has 3 aliphatic rings. The summed E-state index contributed by atoms with van der Waals surface area (Å²) in [7, 11) is 0. The van der Waals surface area contributed by atoms with Crippen molar-refractivity contribution in [2.45, 2.75) is 63.8 Å². The zero-order valence-electron chi connectivity index (χ0n) is 17.4. The van der Waals surface area contributed by atoms with Crippen LogP contribution in [-0.4, -0.2) is 37.5 Å². The van der Waals surface area contributed by atoms with Crippen LogP contribution in [-0.2, 0) is 9.59 Å².